The lowest BCUT2D eigenvalue weighted by atomic mass is 10.1. The van der Waals surface area contributed by atoms with E-state index >= 15 is 0 Å². The van der Waals surface area contributed by atoms with Crippen molar-refractivity contribution >= 4 is 5.91 Å². The molecule has 18 heavy (non-hydrogen) atoms. The van der Waals surface area contributed by atoms with E-state index in [4.69, 9.17) is 5.73 Å². The molecule has 0 saturated carbocycles. The van der Waals surface area contributed by atoms with Crippen LogP contribution in [0.4, 0.5) is 8.78 Å². The van der Waals surface area contributed by atoms with Crippen molar-refractivity contribution < 1.29 is 13.6 Å². The third-order valence-corrected chi connectivity index (χ3v) is 2.76. The monoisotopic (exact) mass is 256 g/mol. The van der Waals surface area contributed by atoms with Crippen LogP contribution in [0.1, 0.15) is 29.3 Å². The van der Waals surface area contributed by atoms with E-state index in [9.17, 15) is 13.6 Å². The fourth-order valence-electron chi connectivity index (χ4n) is 1.54. The zero-order valence-corrected chi connectivity index (χ0v) is 10.8. The quantitative estimate of drug-likeness (QED) is 0.896. The van der Waals surface area contributed by atoms with Gasteiger partial charge in [-0.05, 0) is 31.9 Å². The third-order valence-electron chi connectivity index (χ3n) is 2.76. The Morgan fingerprint density at radius 2 is 2.06 bits per heavy atom. The number of carbonyl (C=O) groups is 1. The van der Waals surface area contributed by atoms with Crippen molar-refractivity contribution in [3.8, 4) is 0 Å². The molecule has 0 fully saturated rings. The molecule has 5 heteroatoms. The van der Waals surface area contributed by atoms with Gasteiger partial charge in [0.25, 0.3) is 5.91 Å². The summed E-state index contributed by atoms with van der Waals surface area (Å²) in [7, 11) is 1.51. The number of hydrogen-bond acceptors (Lipinski definition) is 2. The number of amides is 1. The van der Waals surface area contributed by atoms with Gasteiger partial charge in [-0.3, -0.25) is 4.79 Å². The molecule has 2 N–H and O–H groups in total. The Kier molecular flexibility index (Phi) is 4.78. The SMILES string of the molecule is Cc1ccc(F)c(C(=O)N(C)CCC(C)N)c1F. The van der Waals surface area contributed by atoms with E-state index < -0.39 is 23.1 Å². The fraction of sp³-hybridized carbons (Fsp3) is 0.462. The maximum atomic E-state index is 13.8. The molecule has 0 saturated heterocycles. The van der Waals surface area contributed by atoms with Crippen molar-refractivity contribution in [3.05, 3.63) is 34.9 Å². The number of nitrogens with two attached hydrogens (primary N) is 1. The summed E-state index contributed by atoms with van der Waals surface area (Å²) in [6.07, 6.45) is 0.581. The van der Waals surface area contributed by atoms with Crippen molar-refractivity contribution in [1.29, 1.82) is 0 Å². The Labute approximate surface area is 106 Å². The molecule has 0 spiro atoms. The minimum Gasteiger partial charge on any atom is -0.341 e. The zero-order valence-electron chi connectivity index (χ0n) is 10.8. The van der Waals surface area contributed by atoms with Crippen LogP contribution in [0, 0.1) is 18.6 Å². The van der Waals surface area contributed by atoms with Gasteiger partial charge in [0.1, 0.15) is 17.2 Å². The van der Waals surface area contributed by atoms with Crippen molar-refractivity contribution in [3.63, 3.8) is 0 Å². The second-order valence-corrected chi connectivity index (χ2v) is 4.55. The van der Waals surface area contributed by atoms with Gasteiger partial charge in [0.2, 0.25) is 0 Å². The molecule has 1 atom stereocenters. The molecule has 0 aliphatic rings. The number of hydrogen-bond donors (Lipinski definition) is 1. The van der Waals surface area contributed by atoms with E-state index in [0.29, 0.717) is 13.0 Å². The Bertz CT molecular complexity index is 447. The van der Waals surface area contributed by atoms with E-state index in [1.165, 1.54) is 24.9 Å². The van der Waals surface area contributed by atoms with Crippen LogP contribution in [-0.2, 0) is 0 Å². The predicted octanol–water partition coefficient (Wildman–Crippen LogP) is 2.08. The first-order valence-electron chi connectivity index (χ1n) is 5.80. The molecule has 0 aliphatic carbocycles. The average Bonchev–Trinajstić information content (AvgIpc) is 2.31. The summed E-state index contributed by atoms with van der Waals surface area (Å²) in [4.78, 5) is 13.2. The highest BCUT2D eigenvalue weighted by Gasteiger charge is 2.22. The molecule has 100 valence electrons. The molecule has 1 aromatic carbocycles. The Morgan fingerprint density at radius 1 is 1.44 bits per heavy atom. The maximum absolute atomic E-state index is 13.8. The normalized spacial score (nSPS) is 12.3. The van der Waals surface area contributed by atoms with E-state index in [2.05, 4.69) is 0 Å². The number of aryl methyl sites for hydroxylation is 1. The van der Waals surface area contributed by atoms with Gasteiger partial charge in [0, 0.05) is 19.6 Å². The number of rotatable bonds is 4. The summed E-state index contributed by atoms with van der Waals surface area (Å²) in [5.41, 5.74) is 5.33. The third kappa shape index (κ3) is 3.26. The van der Waals surface area contributed by atoms with E-state index in [1.807, 2.05) is 6.92 Å². The van der Waals surface area contributed by atoms with Crippen LogP contribution in [0.25, 0.3) is 0 Å². The summed E-state index contributed by atoms with van der Waals surface area (Å²) in [6, 6.07) is 2.35. The highest BCUT2D eigenvalue weighted by Crippen LogP contribution is 2.18. The molecule has 0 aromatic heterocycles. The summed E-state index contributed by atoms with van der Waals surface area (Å²) < 4.78 is 27.3. The lowest BCUT2D eigenvalue weighted by molar-refractivity contribution is 0.0782. The van der Waals surface area contributed by atoms with E-state index in [-0.39, 0.29) is 11.6 Å². The highest BCUT2D eigenvalue weighted by molar-refractivity contribution is 5.94. The lowest BCUT2D eigenvalue weighted by Gasteiger charge is -2.19. The molecule has 3 nitrogen and oxygen atoms in total. The predicted molar refractivity (Wildman–Crippen MR) is 66.3 cm³/mol. The van der Waals surface area contributed by atoms with Gasteiger partial charge in [0.15, 0.2) is 0 Å². The van der Waals surface area contributed by atoms with Gasteiger partial charge in [0.05, 0.1) is 0 Å². The largest absolute Gasteiger partial charge is 0.341 e. The fourth-order valence-corrected chi connectivity index (χ4v) is 1.54. The van der Waals surface area contributed by atoms with Crippen molar-refractivity contribution in [1.82, 2.24) is 4.90 Å². The second-order valence-electron chi connectivity index (χ2n) is 4.55. The van der Waals surface area contributed by atoms with E-state index in [1.54, 1.807) is 0 Å². The van der Waals surface area contributed by atoms with Gasteiger partial charge in [-0.15, -0.1) is 0 Å². The van der Waals surface area contributed by atoms with Gasteiger partial charge >= 0.3 is 0 Å². The maximum Gasteiger partial charge on any atom is 0.259 e. The van der Waals surface area contributed by atoms with Crippen LogP contribution in [0.3, 0.4) is 0 Å². The Hall–Kier alpha value is -1.49. The molecule has 0 bridgehead atoms. The molecule has 1 unspecified atom stereocenters. The smallest absolute Gasteiger partial charge is 0.259 e. The van der Waals surface area contributed by atoms with Crippen LogP contribution in [0.5, 0.6) is 0 Å². The molecular formula is C13H18F2N2O. The van der Waals surface area contributed by atoms with Crippen molar-refractivity contribution in [2.75, 3.05) is 13.6 Å². The van der Waals surface area contributed by atoms with Gasteiger partial charge < -0.3 is 10.6 Å². The van der Waals surface area contributed by atoms with Gasteiger partial charge in [-0.2, -0.15) is 0 Å². The average molecular weight is 256 g/mol. The molecule has 1 amide bonds. The van der Waals surface area contributed by atoms with Crippen molar-refractivity contribution in [2.45, 2.75) is 26.3 Å². The summed E-state index contributed by atoms with van der Waals surface area (Å²) in [5, 5.41) is 0. The van der Waals surface area contributed by atoms with Crippen molar-refractivity contribution in [2.24, 2.45) is 5.73 Å². The van der Waals surface area contributed by atoms with E-state index in [0.717, 1.165) is 6.07 Å². The highest BCUT2D eigenvalue weighted by atomic mass is 19.1. The van der Waals surface area contributed by atoms with Crippen LogP contribution in [0.15, 0.2) is 12.1 Å². The number of carbonyl (C=O) groups excluding carboxylic acids is 1. The molecule has 0 heterocycles. The van der Waals surface area contributed by atoms with Crippen LogP contribution >= 0.6 is 0 Å². The first kappa shape index (κ1) is 14.6. The second kappa shape index (κ2) is 5.91. The van der Waals surface area contributed by atoms with Gasteiger partial charge in [-0.1, -0.05) is 6.07 Å². The Balaban J connectivity index is 2.93. The summed E-state index contributed by atoms with van der Waals surface area (Å²) in [5.74, 6) is -2.29. The first-order valence-corrected chi connectivity index (χ1v) is 5.80. The molecule has 1 rings (SSSR count). The molecule has 0 aliphatic heterocycles. The first-order chi connectivity index (χ1) is 8.34. The molecular weight excluding hydrogens is 238 g/mol. The zero-order chi connectivity index (χ0) is 13.9. The minimum absolute atomic E-state index is 0.0625. The van der Waals surface area contributed by atoms with Gasteiger partial charge in [-0.25, -0.2) is 8.78 Å². The lowest BCUT2D eigenvalue weighted by Crippen LogP contribution is -2.32. The Morgan fingerprint density at radius 3 is 2.61 bits per heavy atom. The van der Waals surface area contributed by atoms with Crippen LogP contribution in [0.2, 0.25) is 0 Å². The molecule has 1 aromatic rings. The standard InChI is InChI=1S/C13H18F2N2O/c1-8-4-5-10(14)11(12(8)15)13(18)17(3)7-6-9(2)16/h4-5,9H,6-7,16H2,1-3H3. The number of halogens is 2. The minimum atomic E-state index is -0.837. The summed E-state index contributed by atoms with van der Waals surface area (Å²) >= 11 is 0. The molecule has 0 radical (unpaired) electrons. The van der Waals surface area contributed by atoms with Crippen LogP contribution in [-0.4, -0.2) is 30.4 Å². The topological polar surface area (TPSA) is 46.3 Å². The summed E-state index contributed by atoms with van der Waals surface area (Å²) in [6.45, 7) is 3.67. The number of benzene rings is 1. The van der Waals surface area contributed by atoms with Crippen LogP contribution < -0.4 is 5.73 Å². The number of nitrogens with zero attached hydrogens (tertiary/aromatic N) is 1.